The van der Waals surface area contributed by atoms with Crippen molar-refractivity contribution >= 4 is 77.0 Å². The third-order valence-corrected chi connectivity index (χ3v) is 21.7. The number of aldehydes is 1. The fourth-order valence-corrected chi connectivity index (χ4v) is 14.5. The number of carbonyl (C=O) groups excluding carboxylic acids is 11. The second kappa shape index (κ2) is 39.9. The minimum absolute atomic E-state index is 0.0334. The van der Waals surface area contributed by atoms with E-state index in [2.05, 4.69) is 16.0 Å². The second-order valence-corrected chi connectivity index (χ2v) is 31.1. The zero-order valence-electron chi connectivity index (χ0n) is 64.5. The Balaban J connectivity index is 1.58. The van der Waals surface area contributed by atoms with Crippen molar-refractivity contribution in [1.29, 1.82) is 0 Å². The maximum absolute atomic E-state index is 15.1. The Morgan fingerprint density at radius 2 is 1.40 bits per heavy atom. The van der Waals surface area contributed by atoms with Crippen LogP contribution in [0.2, 0.25) is 5.02 Å². The van der Waals surface area contributed by atoms with Crippen LogP contribution in [0.4, 0.5) is 13.2 Å². The number of aliphatic hydroxyl groups is 1. The fraction of sp³-hybridized carbons (Fsp3) is 0.770. The molecule has 1 saturated carbocycles. The molecular formula is C74H120ClF3N12O14. The van der Waals surface area contributed by atoms with Crippen molar-refractivity contribution in [3.63, 3.8) is 0 Å². The molecule has 13 atom stereocenters. The number of amides is 10. The summed E-state index contributed by atoms with van der Waals surface area (Å²) < 4.78 is 53.5. The number of nitrogens with zero attached hydrogens (tertiary/aromatic N) is 9. The zero-order valence-corrected chi connectivity index (χ0v) is 65.3. The summed E-state index contributed by atoms with van der Waals surface area (Å²) in [5.74, 6) is -6.73. The summed E-state index contributed by atoms with van der Waals surface area (Å²) in [6.07, 6.45) is 0.797. The first-order chi connectivity index (χ1) is 48.7. The quantitative estimate of drug-likeness (QED) is 0.0785. The number of rotatable bonds is 19. The topological polar surface area (TPSA) is 295 Å². The molecular weight excluding hydrogens is 1370 g/mol. The number of nitrogens with one attached hydrogen (secondary N) is 3. The molecule has 0 spiro atoms. The Labute approximate surface area is 618 Å². The molecule has 0 radical (unpaired) electrons. The number of alkyl halides is 3. The standard InChI is InChI=1S/C74H120ClF3N12O14/c1-18-46(5)63-70(100)84(13)48(7)67(97)90-34-32-54(90)58(43-91)85(14)57(39-49-25-21-20-22-26-49)69(99)83(12)41-60(93)80-53(31-29-50-28-30-51(52(75)38-50)74(76,77)78)68(98)89(35-36-103-44-73(8,9)102)42-59(92)79-33-24-23-27-61(94)88(17)64(47(6)19-2)71(101)87(16)55(65-72(104-65)82(10)11)40-62(95)86(15)56(37-45(3)4)66(96)81-63/h28,30,38,43,45-49,53-58,63-65,72,102H,18-27,29,31-37,39-42,44H2,1-17H3,(H,79,92)(H,80,93)(H,81,96)/t46-,47-,48-,53-,54-,55-,56-,57-,58-,63-,64-,65?,72?/m0/s1. The van der Waals surface area contributed by atoms with Gasteiger partial charge in [-0.1, -0.05) is 104 Å². The van der Waals surface area contributed by atoms with E-state index in [0.717, 1.165) is 49.1 Å². The molecule has 3 aliphatic heterocycles. The summed E-state index contributed by atoms with van der Waals surface area (Å²) >= 11 is 6.14. The number of hydrogen-bond acceptors (Lipinski definition) is 16. The highest BCUT2D eigenvalue weighted by Crippen LogP contribution is 2.37. The predicted octanol–water partition coefficient (Wildman–Crippen LogP) is 5.22. The van der Waals surface area contributed by atoms with E-state index in [4.69, 9.17) is 21.1 Å². The van der Waals surface area contributed by atoms with Crippen molar-refractivity contribution in [3.05, 3.63) is 34.3 Å². The number of likely N-dealkylation sites (N-methyl/N-ethyl adjacent to an activating group) is 7. The highest BCUT2D eigenvalue weighted by molar-refractivity contribution is 6.31. The lowest BCUT2D eigenvalue weighted by atomic mass is 9.83. The molecule has 588 valence electrons. The van der Waals surface area contributed by atoms with Gasteiger partial charge in [-0.3, -0.25) is 57.7 Å². The molecule has 0 bridgehead atoms. The Hall–Kier alpha value is -6.53. The average Bonchev–Trinajstić information content (AvgIpc) is 1.61. The number of carbonyl (C=O) groups is 11. The lowest BCUT2D eigenvalue weighted by molar-refractivity contribution is -0.155. The molecule has 1 aromatic rings. The van der Waals surface area contributed by atoms with Gasteiger partial charge in [-0.05, 0) is 128 Å². The largest absolute Gasteiger partial charge is 0.417 e. The molecule has 4 aliphatic rings. The van der Waals surface area contributed by atoms with Crippen LogP contribution in [0.25, 0.3) is 0 Å². The van der Waals surface area contributed by atoms with Crippen LogP contribution in [0.1, 0.15) is 170 Å². The highest BCUT2D eigenvalue weighted by Gasteiger charge is 2.52. The van der Waals surface area contributed by atoms with Crippen LogP contribution in [0.3, 0.4) is 0 Å². The molecule has 10 amide bonds. The van der Waals surface area contributed by atoms with Gasteiger partial charge in [0.05, 0.1) is 66.7 Å². The number of aryl methyl sites for hydroxylation is 1. The van der Waals surface area contributed by atoms with Crippen molar-refractivity contribution in [2.75, 3.05) is 102 Å². The molecule has 5 rings (SSSR count). The van der Waals surface area contributed by atoms with E-state index in [1.54, 1.807) is 54.0 Å². The number of hydrogen-bond donors (Lipinski definition) is 4. The van der Waals surface area contributed by atoms with Crippen molar-refractivity contribution in [2.24, 2.45) is 23.7 Å². The number of fused-ring (bicyclic) bond motifs is 1. The van der Waals surface area contributed by atoms with E-state index >= 15 is 14.4 Å². The Morgan fingerprint density at radius 3 is 1.96 bits per heavy atom. The number of benzene rings is 1. The number of halogens is 4. The van der Waals surface area contributed by atoms with Crippen molar-refractivity contribution in [2.45, 2.75) is 244 Å². The number of ether oxygens (including phenoxy) is 2. The molecule has 1 aliphatic carbocycles. The lowest BCUT2D eigenvalue weighted by Gasteiger charge is -2.49. The van der Waals surface area contributed by atoms with Gasteiger partial charge >= 0.3 is 6.18 Å². The first kappa shape index (κ1) is 88.1. The highest BCUT2D eigenvalue weighted by atomic mass is 35.5. The van der Waals surface area contributed by atoms with Crippen LogP contribution in [0, 0.1) is 23.7 Å². The van der Waals surface area contributed by atoms with Crippen LogP contribution >= 0.6 is 11.6 Å². The van der Waals surface area contributed by atoms with E-state index in [-0.39, 0.29) is 113 Å². The van der Waals surface area contributed by atoms with Crippen molar-refractivity contribution in [1.82, 2.24) is 60.0 Å². The average molecular weight is 1490 g/mol. The van der Waals surface area contributed by atoms with Gasteiger partial charge in [-0.25, -0.2) is 0 Å². The minimum Gasteiger partial charge on any atom is -0.388 e. The van der Waals surface area contributed by atoms with E-state index in [9.17, 15) is 56.6 Å². The summed E-state index contributed by atoms with van der Waals surface area (Å²) in [5.41, 5.74) is -2.09. The molecule has 2 unspecified atom stereocenters. The lowest BCUT2D eigenvalue weighted by Crippen LogP contribution is -2.66. The van der Waals surface area contributed by atoms with Gasteiger partial charge in [-0.15, -0.1) is 0 Å². The van der Waals surface area contributed by atoms with E-state index in [1.807, 2.05) is 39.5 Å². The van der Waals surface area contributed by atoms with Crippen molar-refractivity contribution < 1.29 is 80.5 Å². The first-order valence-corrected chi connectivity index (χ1v) is 37.5. The first-order valence-electron chi connectivity index (χ1n) is 37.1. The molecule has 4 N–H and O–H groups in total. The Morgan fingerprint density at radius 1 is 0.750 bits per heavy atom. The summed E-state index contributed by atoms with van der Waals surface area (Å²) in [7, 11) is 12.7. The van der Waals surface area contributed by atoms with Crippen LogP contribution in [0.15, 0.2) is 18.2 Å². The minimum atomic E-state index is -4.77. The van der Waals surface area contributed by atoms with Crippen LogP contribution in [0.5, 0.6) is 0 Å². The fourth-order valence-electron chi connectivity index (χ4n) is 14.2. The summed E-state index contributed by atoms with van der Waals surface area (Å²) in [6.45, 7) is 14.2. The van der Waals surface area contributed by atoms with Crippen molar-refractivity contribution in [3.8, 4) is 0 Å². The molecule has 4 fully saturated rings. The van der Waals surface area contributed by atoms with E-state index in [0.29, 0.717) is 25.5 Å². The van der Waals surface area contributed by atoms with Crippen LogP contribution < -0.4 is 16.0 Å². The Kier molecular flexibility index (Phi) is 33.8. The normalized spacial score (nSPS) is 27.6. The van der Waals surface area contributed by atoms with Gasteiger partial charge in [0, 0.05) is 67.7 Å². The molecule has 3 heterocycles. The predicted molar refractivity (Wildman–Crippen MR) is 387 cm³/mol. The van der Waals surface area contributed by atoms with Gasteiger partial charge in [0.1, 0.15) is 48.8 Å². The molecule has 30 heteroatoms. The molecule has 0 aromatic heterocycles. The molecule has 104 heavy (non-hydrogen) atoms. The third-order valence-electron chi connectivity index (χ3n) is 21.4. The van der Waals surface area contributed by atoms with Gasteiger partial charge in [0.25, 0.3) is 0 Å². The SMILES string of the molecule is CC[C@H](C)[C@@H]1NC(=O)[C@H](CC(C)C)N(C)C(=O)C[C@@H](C2OC2N(C)C)N(C)C(=O)[C@H]([C@@H](C)CC)N(C)C(=O)CCCCNC(=O)CN(CCOCC(C)(C)O)C(=O)[C@H](CCc2ccc(C(F)(F)F)c(Cl)c2)NC(=O)CN(C)C(=O)[C@H](CC2CCCCC2)N(C)[C@@H](C=O)[C@@H]2CCN2C(=O)[C@H](C)N(C)C1=O. The second-order valence-electron chi connectivity index (χ2n) is 30.7. The van der Waals surface area contributed by atoms with Crippen LogP contribution in [-0.2, 0) is 74.8 Å². The summed E-state index contributed by atoms with van der Waals surface area (Å²) in [4.78, 5) is 174. The van der Waals surface area contributed by atoms with Gasteiger partial charge < -0.3 is 69.6 Å². The van der Waals surface area contributed by atoms with E-state index < -0.39 is 161 Å². The molecule has 26 nitrogen and oxygen atoms in total. The van der Waals surface area contributed by atoms with Gasteiger partial charge in [0.15, 0.2) is 0 Å². The monoisotopic (exact) mass is 1490 g/mol. The molecule has 3 saturated heterocycles. The van der Waals surface area contributed by atoms with E-state index in [1.165, 1.54) is 70.5 Å². The number of epoxide rings is 1. The van der Waals surface area contributed by atoms with Crippen LogP contribution in [-0.4, -0.2) is 289 Å². The van der Waals surface area contributed by atoms with Gasteiger partial charge in [0.2, 0.25) is 59.1 Å². The summed E-state index contributed by atoms with van der Waals surface area (Å²) in [6, 6.07) is -6.46. The summed E-state index contributed by atoms with van der Waals surface area (Å²) in [5, 5.41) is 18.4. The maximum Gasteiger partial charge on any atom is 0.417 e. The molecule has 1 aromatic carbocycles. The maximum atomic E-state index is 15.1. The smallest absolute Gasteiger partial charge is 0.388 e. The zero-order chi connectivity index (χ0) is 78.0. The van der Waals surface area contributed by atoms with Gasteiger partial charge in [-0.2, -0.15) is 13.2 Å². The third kappa shape index (κ3) is 24.5. The Bertz CT molecular complexity index is 3100.